The minimum atomic E-state index is -0.608. The Bertz CT molecular complexity index is 679. The highest BCUT2D eigenvalue weighted by Crippen LogP contribution is 2.28. The lowest BCUT2D eigenvalue weighted by Gasteiger charge is -2.10. The van der Waals surface area contributed by atoms with Crippen LogP contribution in [0.4, 0.5) is 0 Å². The van der Waals surface area contributed by atoms with Crippen LogP contribution >= 0.6 is 0 Å². The average Bonchev–Trinajstić information content (AvgIpc) is 2.61. The second-order valence-corrected chi connectivity index (χ2v) is 4.94. The van der Waals surface area contributed by atoms with Crippen molar-refractivity contribution < 1.29 is 23.8 Å². The van der Waals surface area contributed by atoms with Gasteiger partial charge in [-0.25, -0.2) is 0 Å². The third kappa shape index (κ3) is 6.93. The van der Waals surface area contributed by atoms with Gasteiger partial charge in [-0.1, -0.05) is 6.07 Å². The van der Waals surface area contributed by atoms with Crippen LogP contribution in [-0.2, 0) is 14.3 Å². The first kappa shape index (κ1) is 20.0. The number of hydrogen-bond acceptors (Lipinski definition) is 6. The molecule has 0 saturated heterocycles. The van der Waals surface area contributed by atoms with Crippen molar-refractivity contribution in [1.82, 2.24) is 5.32 Å². The summed E-state index contributed by atoms with van der Waals surface area (Å²) in [5, 5.41) is 11.8. The van der Waals surface area contributed by atoms with E-state index in [9.17, 15) is 14.9 Å². The van der Waals surface area contributed by atoms with Crippen LogP contribution in [0.1, 0.15) is 12.0 Å². The molecule has 0 radical (unpaired) electrons. The minimum Gasteiger partial charge on any atom is -0.493 e. The van der Waals surface area contributed by atoms with Crippen molar-refractivity contribution in [1.29, 1.82) is 5.26 Å². The fraction of sp³-hybridized carbons (Fsp3) is 0.353. The number of nitrogens with one attached hydrogen (secondary N) is 1. The molecule has 8 heteroatoms. The van der Waals surface area contributed by atoms with Crippen molar-refractivity contribution in [3.05, 3.63) is 29.3 Å². The number of nitriles is 1. The van der Waals surface area contributed by atoms with E-state index >= 15 is 0 Å². The molecule has 2 amide bonds. The molecule has 0 spiro atoms. The Kier molecular flexibility index (Phi) is 8.54. The maximum absolute atomic E-state index is 12.0. The van der Waals surface area contributed by atoms with Gasteiger partial charge in [-0.05, 0) is 30.2 Å². The number of nitrogens with zero attached hydrogens (tertiary/aromatic N) is 1. The molecule has 0 heterocycles. The van der Waals surface area contributed by atoms with Crippen molar-refractivity contribution in [2.24, 2.45) is 5.73 Å². The number of methoxy groups -OCH3 is 2. The monoisotopic (exact) mass is 347 g/mol. The quantitative estimate of drug-likeness (QED) is 0.363. The SMILES string of the molecule is COCCCNC(=O)/C(C#N)=C/c1ccc(OCC(N)=O)c(OC)c1. The van der Waals surface area contributed by atoms with Crippen LogP contribution in [0.2, 0.25) is 0 Å². The lowest BCUT2D eigenvalue weighted by atomic mass is 10.1. The number of nitrogens with two attached hydrogens (primary N) is 1. The number of carbonyl (C=O) groups excluding carboxylic acids is 2. The Morgan fingerprint density at radius 1 is 1.32 bits per heavy atom. The fourth-order valence-corrected chi connectivity index (χ4v) is 1.87. The normalized spacial score (nSPS) is 10.7. The first-order chi connectivity index (χ1) is 12.0. The van der Waals surface area contributed by atoms with Crippen LogP contribution in [0.3, 0.4) is 0 Å². The summed E-state index contributed by atoms with van der Waals surface area (Å²) in [5.41, 5.74) is 5.57. The Morgan fingerprint density at radius 2 is 2.08 bits per heavy atom. The molecule has 0 saturated carbocycles. The van der Waals surface area contributed by atoms with Crippen molar-refractivity contribution in [3.63, 3.8) is 0 Å². The standard InChI is InChI=1S/C17H21N3O5/c1-23-7-3-6-20-17(22)13(10-18)8-12-4-5-14(15(9-12)24-2)25-11-16(19)21/h4-5,8-9H,3,6-7,11H2,1-2H3,(H2,19,21)(H,20,22)/b13-8+. The van der Waals surface area contributed by atoms with Crippen LogP contribution in [0.15, 0.2) is 23.8 Å². The third-order valence-electron chi connectivity index (χ3n) is 3.04. The van der Waals surface area contributed by atoms with E-state index < -0.39 is 11.8 Å². The number of primary amides is 1. The van der Waals surface area contributed by atoms with Crippen LogP contribution in [0, 0.1) is 11.3 Å². The van der Waals surface area contributed by atoms with E-state index in [0.717, 1.165) is 0 Å². The minimum absolute atomic E-state index is 0.0368. The van der Waals surface area contributed by atoms with Gasteiger partial charge in [0.2, 0.25) is 0 Å². The summed E-state index contributed by atoms with van der Waals surface area (Å²) in [7, 11) is 3.01. The maximum atomic E-state index is 12.0. The van der Waals surface area contributed by atoms with Gasteiger partial charge in [0.05, 0.1) is 7.11 Å². The van der Waals surface area contributed by atoms with Gasteiger partial charge in [-0.15, -0.1) is 0 Å². The molecule has 0 aliphatic heterocycles. The molecule has 0 aliphatic carbocycles. The molecule has 0 aliphatic rings. The van der Waals surface area contributed by atoms with Crippen LogP contribution in [-0.4, -0.2) is 45.8 Å². The van der Waals surface area contributed by atoms with Crippen molar-refractivity contribution in [2.45, 2.75) is 6.42 Å². The summed E-state index contributed by atoms with van der Waals surface area (Å²) in [4.78, 5) is 22.8. The van der Waals surface area contributed by atoms with Gasteiger partial charge < -0.3 is 25.3 Å². The largest absolute Gasteiger partial charge is 0.493 e. The molecule has 0 fully saturated rings. The lowest BCUT2D eigenvalue weighted by molar-refractivity contribution is -0.120. The second kappa shape index (κ2) is 10.7. The zero-order valence-electron chi connectivity index (χ0n) is 14.2. The molecular weight excluding hydrogens is 326 g/mol. The predicted octanol–water partition coefficient (Wildman–Crippen LogP) is 0.619. The van der Waals surface area contributed by atoms with Gasteiger partial charge in [0.25, 0.3) is 11.8 Å². The zero-order valence-corrected chi connectivity index (χ0v) is 14.2. The van der Waals surface area contributed by atoms with Gasteiger partial charge in [0.1, 0.15) is 11.6 Å². The van der Waals surface area contributed by atoms with Crippen LogP contribution < -0.4 is 20.5 Å². The summed E-state index contributed by atoms with van der Waals surface area (Å²) in [5.74, 6) is -0.386. The Morgan fingerprint density at radius 3 is 2.68 bits per heavy atom. The summed E-state index contributed by atoms with van der Waals surface area (Å²) in [6.07, 6.45) is 2.09. The Balaban J connectivity index is 2.86. The molecule has 1 rings (SSSR count). The van der Waals surface area contributed by atoms with Gasteiger partial charge in [-0.3, -0.25) is 9.59 Å². The zero-order chi connectivity index (χ0) is 18.7. The van der Waals surface area contributed by atoms with Crippen molar-refractivity contribution >= 4 is 17.9 Å². The maximum Gasteiger partial charge on any atom is 0.261 e. The van der Waals surface area contributed by atoms with E-state index in [2.05, 4.69) is 5.32 Å². The highest BCUT2D eigenvalue weighted by molar-refractivity contribution is 6.01. The molecule has 0 bridgehead atoms. The summed E-state index contributed by atoms with van der Waals surface area (Å²) < 4.78 is 15.3. The Hall–Kier alpha value is -3.05. The van der Waals surface area contributed by atoms with Crippen molar-refractivity contribution in [2.75, 3.05) is 34.0 Å². The summed E-state index contributed by atoms with van der Waals surface area (Å²) in [6, 6.07) is 6.66. The number of rotatable bonds is 10. The molecule has 0 atom stereocenters. The molecule has 0 unspecified atom stereocenters. The molecule has 0 aromatic heterocycles. The second-order valence-electron chi connectivity index (χ2n) is 4.94. The molecule has 3 N–H and O–H groups in total. The number of hydrogen-bond donors (Lipinski definition) is 2. The average molecular weight is 347 g/mol. The van der Waals surface area contributed by atoms with E-state index in [4.69, 9.17) is 19.9 Å². The smallest absolute Gasteiger partial charge is 0.261 e. The van der Waals surface area contributed by atoms with E-state index in [-0.39, 0.29) is 12.2 Å². The lowest BCUT2D eigenvalue weighted by Crippen LogP contribution is -2.26. The molecule has 1 aromatic carbocycles. The topological polar surface area (TPSA) is 124 Å². The molecule has 25 heavy (non-hydrogen) atoms. The number of amides is 2. The molecule has 134 valence electrons. The van der Waals surface area contributed by atoms with Crippen LogP contribution in [0.5, 0.6) is 11.5 Å². The summed E-state index contributed by atoms with van der Waals surface area (Å²) in [6.45, 7) is 0.656. The van der Waals surface area contributed by atoms with Gasteiger partial charge >= 0.3 is 0 Å². The first-order valence-electron chi connectivity index (χ1n) is 7.50. The van der Waals surface area contributed by atoms with E-state index in [1.165, 1.54) is 13.2 Å². The van der Waals surface area contributed by atoms with E-state index in [1.54, 1.807) is 25.3 Å². The predicted molar refractivity (Wildman–Crippen MR) is 90.8 cm³/mol. The fourth-order valence-electron chi connectivity index (χ4n) is 1.87. The van der Waals surface area contributed by atoms with Crippen molar-refractivity contribution in [3.8, 4) is 17.6 Å². The number of carbonyl (C=O) groups is 2. The van der Waals surface area contributed by atoms with Crippen LogP contribution in [0.25, 0.3) is 6.08 Å². The van der Waals surface area contributed by atoms with E-state index in [1.807, 2.05) is 6.07 Å². The van der Waals surface area contributed by atoms with Gasteiger partial charge in [0, 0.05) is 20.3 Å². The van der Waals surface area contributed by atoms with Gasteiger partial charge in [-0.2, -0.15) is 5.26 Å². The molecule has 1 aromatic rings. The molecule has 8 nitrogen and oxygen atoms in total. The van der Waals surface area contributed by atoms with Gasteiger partial charge in [0.15, 0.2) is 18.1 Å². The highest BCUT2D eigenvalue weighted by Gasteiger charge is 2.11. The Labute approximate surface area is 146 Å². The summed E-state index contributed by atoms with van der Waals surface area (Å²) >= 11 is 0. The molecular formula is C17H21N3O5. The number of benzene rings is 1. The first-order valence-corrected chi connectivity index (χ1v) is 7.50. The highest BCUT2D eigenvalue weighted by atomic mass is 16.5. The number of ether oxygens (including phenoxy) is 3. The van der Waals surface area contributed by atoms with E-state index in [0.29, 0.717) is 36.6 Å². The third-order valence-corrected chi connectivity index (χ3v) is 3.04.